The van der Waals surface area contributed by atoms with Gasteiger partial charge in [-0.25, -0.2) is 0 Å². The molecule has 0 spiro atoms. The van der Waals surface area contributed by atoms with Crippen molar-refractivity contribution in [1.82, 2.24) is 4.57 Å². The highest BCUT2D eigenvalue weighted by atomic mass is 28.3. The summed E-state index contributed by atoms with van der Waals surface area (Å²) in [6.45, 7) is 5.01. The summed E-state index contributed by atoms with van der Waals surface area (Å²) in [6.07, 6.45) is 0. The van der Waals surface area contributed by atoms with Crippen LogP contribution in [0.1, 0.15) is 0 Å². The second-order valence-corrected chi connectivity index (χ2v) is 23.6. The molecule has 13 aromatic rings. The van der Waals surface area contributed by atoms with Crippen LogP contribution in [0.15, 0.2) is 237 Å². The highest BCUT2D eigenvalue weighted by molar-refractivity contribution is 7.03. The molecule has 1 aliphatic heterocycles. The predicted molar refractivity (Wildman–Crippen MR) is 295 cm³/mol. The van der Waals surface area contributed by atoms with Crippen LogP contribution in [0, 0.1) is 0 Å². The van der Waals surface area contributed by atoms with E-state index in [9.17, 15) is 0 Å². The molecule has 12 aromatic carbocycles. The van der Waals surface area contributed by atoms with Gasteiger partial charge in [-0.15, -0.1) is 0 Å². The molecule has 0 saturated heterocycles. The van der Waals surface area contributed by atoms with Crippen molar-refractivity contribution >= 4 is 83.3 Å². The molecular weight excluding hydrogens is 835 g/mol. The lowest BCUT2D eigenvalue weighted by atomic mass is 9.92. The van der Waals surface area contributed by atoms with E-state index in [-0.39, 0.29) is 0 Å². The van der Waals surface area contributed by atoms with Gasteiger partial charge >= 0.3 is 0 Å². The van der Waals surface area contributed by atoms with Crippen molar-refractivity contribution in [3.63, 3.8) is 0 Å². The highest BCUT2D eigenvalue weighted by Gasteiger charge is 2.37. The van der Waals surface area contributed by atoms with E-state index in [4.69, 9.17) is 0 Å². The van der Waals surface area contributed by atoms with Gasteiger partial charge in [-0.1, -0.05) is 201 Å². The third kappa shape index (κ3) is 5.87. The first-order chi connectivity index (χ1) is 33.5. The van der Waals surface area contributed by atoms with Gasteiger partial charge in [0.05, 0.1) is 11.0 Å². The van der Waals surface area contributed by atoms with Gasteiger partial charge in [0, 0.05) is 16.5 Å². The van der Waals surface area contributed by atoms with Crippen LogP contribution in [-0.4, -0.2) is 12.6 Å². The van der Waals surface area contributed by atoms with Gasteiger partial charge < -0.3 is 4.57 Å². The Morgan fingerprint density at radius 3 is 1.21 bits per heavy atom. The van der Waals surface area contributed by atoms with Gasteiger partial charge in [0.15, 0.2) is 0 Å². The first-order valence-corrected chi connectivity index (χ1v) is 26.8. The molecule has 2 heteroatoms. The number of nitrogens with zero attached hydrogens (tertiary/aromatic N) is 1. The van der Waals surface area contributed by atoms with Gasteiger partial charge in [-0.05, 0) is 158 Å². The number of hydrogen-bond acceptors (Lipinski definition) is 0. The highest BCUT2D eigenvalue weighted by Crippen LogP contribution is 2.41. The molecule has 1 nitrogen and oxygen atoms in total. The van der Waals surface area contributed by atoms with E-state index in [2.05, 4.69) is 254 Å². The zero-order chi connectivity index (χ0) is 45.1. The zero-order valence-electron chi connectivity index (χ0n) is 38.0. The maximum atomic E-state index is 2.51. The third-order valence-corrected chi connectivity index (χ3v) is 18.7. The molecule has 1 aliphatic rings. The van der Waals surface area contributed by atoms with Crippen LogP contribution in [0.5, 0.6) is 0 Å². The van der Waals surface area contributed by atoms with Crippen LogP contribution < -0.4 is 10.4 Å². The van der Waals surface area contributed by atoms with Crippen molar-refractivity contribution in [2.45, 2.75) is 13.1 Å². The fourth-order valence-electron chi connectivity index (χ4n) is 11.8. The molecule has 0 atom stereocenters. The molecule has 0 aliphatic carbocycles. The fourth-order valence-corrected chi connectivity index (χ4v) is 14.9. The summed E-state index contributed by atoms with van der Waals surface area (Å²) >= 11 is 0. The molecule has 0 N–H and O–H groups in total. The largest absolute Gasteiger partial charge is 0.309 e. The number of hydrogen-bond donors (Lipinski definition) is 0. The van der Waals surface area contributed by atoms with Gasteiger partial charge in [0.2, 0.25) is 0 Å². The first kappa shape index (κ1) is 38.9. The summed E-state index contributed by atoms with van der Waals surface area (Å²) in [5.74, 6) is 0. The van der Waals surface area contributed by atoms with Gasteiger partial charge in [-0.2, -0.15) is 0 Å². The summed E-state index contributed by atoms with van der Waals surface area (Å²) < 4.78 is 2.51. The summed E-state index contributed by atoms with van der Waals surface area (Å²) in [5.41, 5.74) is 16.3. The molecule has 0 saturated carbocycles. The number of aromatic nitrogens is 1. The molecule has 0 radical (unpaired) electrons. The van der Waals surface area contributed by atoms with E-state index >= 15 is 0 Å². The zero-order valence-corrected chi connectivity index (χ0v) is 39.0. The Labute approximate surface area is 396 Å². The Morgan fingerprint density at radius 2 is 0.676 bits per heavy atom. The third-order valence-electron chi connectivity index (χ3n) is 15.2. The predicted octanol–water partition coefficient (Wildman–Crippen LogP) is 16.9. The molecule has 14 rings (SSSR count). The fraction of sp³-hybridized carbons (Fsp3) is 0.0303. The molecule has 2 heterocycles. The SMILES string of the molecule is C[Si]1(C)c2ccccc2-c2ccc(-n3c4ccc(-c5ccc(-c6cc7ccccc7c7ccccc67)cc5)cc4c4cc(-c5ccc(-c6cc7ccccc7c7ccccc67)cc5)ccc43)cc21. The summed E-state index contributed by atoms with van der Waals surface area (Å²) in [4.78, 5) is 0. The standard InChI is InChI=1S/C66H45NSi/c1-68(2)65-22-12-11-21-57(65)58-34-33-50(41-66(58)68)67-63-35-31-46(42-23-27-44(28-24-42)59-39-48-13-3-5-15-51(48)53-17-7-9-19-55(53)59)37-61(63)62-38-47(32-36-64(62)67)43-25-29-45(30-26-43)60-40-49-14-4-6-16-52(49)54-18-8-10-20-56(54)60/h3-41H,1-2H3. The average Bonchev–Trinajstić information content (AvgIpc) is 3.85. The van der Waals surface area contributed by atoms with E-state index in [1.54, 1.807) is 0 Å². The van der Waals surface area contributed by atoms with Gasteiger partial charge in [-0.3, -0.25) is 0 Å². The van der Waals surface area contributed by atoms with Gasteiger partial charge in [0.1, 0.15) is 8.07 Å². The normalized spacial score (nSPS) is 13.0. The van der Waals surface area contributed by atoms with E-state index in [1.165, 1.54) is 137 Å². The summed E-state index contributed by atoms with van der Waals surface area (Å²) in [5, 5.41) is 15.8. The van der Waals surface area contributed by atoms with E-state index in [0.29, 0.717) is 0 Å². The molecule has 0 unspecified atom stereocenters. The monoisotopic (exact) mass is 879 g/mol. The van der Waals surface area contributed by atoms with E-state index < -0.39 is 8.07 Å². The van der Waals surface area contributed by atoms with Crippen molar-refractivity contribution in [3.8, 4) is 61.3 Å². The topological polar surface area (TPSA) is 4.93 Å². The van der Waals surface area contributed by atoms with Crippen LogP contribution in [0.25, 0.3) is 126 Å². The lowest BCUT2D eigenvalue weighted by Gasteiger charge is -2.20. The minimum absolute atomic E-state index is 1.21. The molecule has 0 bridgehead atoms. The number of fused-ring (bicyclic) bond motifs is 12. The average molecular weight is 880 g/mol. The molecule has 0 fully saturated rings. The minimum atomic E-state index is -1.90. The van der Waals surface area contributed by atoms with E-state index in [1.807, 2.05) is 0 Å². The van der Waals surface area contributed by atoms with Crippen molar-refractivity contribution in [3.05, 3.63) is 237 Å². The Morgan fingerprint density at radius 1 is 0.265 bits per heavy atom. The summed E-state index contributed by atoms with van der Waals surface area (Å²) in [6, 6.07) is 88.7. The Hall–Kier alpha value is -8.30. The molecule has 68 heavy (non-hydrogen) atoms. The van der Waals surface area contributed by atoms with Gasteiger partial charge in [0.25, 0.3) is 0 Å². The second kappa shape index (κ2) is 14.9. The van der Waals surface area contributed by atoms with Crippen molar-refractivity contribution in [2.75, 3.05) is 0 Å². The van der Waals surface area contributed by atoms with Crippen molar-refractivity contribution in [1.29, 1.82) is 0 Å². The second-order valence-electron chi connectivity index (χ2n) is 19.2. The maximum Gasteiger partial charge on any atom is 0.113 e. The molecule has 0 amide bonds. The van der Waals surface area contributed by atoms with Crippen LogP contribution in [0.2, 0.25) is 13.1 Å². The van der Waals surface area contributed by atoms with Crippen molar-refractivity contribution < 1.29 is 0 Å². The Kier molecular flexibility index (Phi) is 8.50. The quantitative estimate of drug-likeness (QED) is 0.120. The van der Waals surface area contributed by atoms with Crippen LogP contribution in [0.4, 0.5) is 0 Å². The lowest BCUT2D eigenvalue weighted by molar-refractivity contribution is 1.18. The number of benzene rings is 12. The summed E-state index contributed by atoms with van der Waals surface area (Å²) in [7, 11) is -1.90. The molecule has 318 valence electrons. The Bertz CT molecular complexity index is 3990. The maximum absolute atomic E-state index is 2.51. The first-order valence-electron chi connectivity index (χ1n) is 23.8. The minimum Gasteiger partial charge on any atom is -0.309 e. The van der Waals surface area contributed by atoms with E-state index in [0.717, 1.165) is 0 Å². The van der Waals surface area contributed by atoms with Crippen molar-refractivity contribution in [2.24, 2.45) is 0 Å². The molecule has 1 aromatic heterocycles. The number of rotatable bonds is 5. The lowest BCUT2D eigenvalue weighted by Crippen LogP contribution is -2.49. The van der Waals surface area contributed by atoms with Crippen LogP contribution in [-0.2, 0) is 0 Å². The van der Waals surface area contributed by atoms with Crippen LogP contribution >= 0.6 is 0 Å². The molecular formula is C66H45NSi. The van der Waals surface area contributed by atoms with Crippen LogP contribution in [0.3, 0.4) is 0 Å². The smallest absolute Gasteiger partial charge is 0.113 e. The Balaban J connectivity index is 0.904.